The average Bonchev–Trinajstić information content (AvgIpc) is 2.03. The van der Waals surface area contributed by atoms with Crippen molar-refractivity contribution in [1.29, 1.82) is 0 Å². The van der Waals surface area contributed by atoms with Crippen LogP contribution in [0, 0.1) is 0 Å². The first-order chi connectivity index (χ1) is 5.26. The van der Waals surface area contributed by atoms with Crippen LogP contribution in [0.5, 0.6) is 11.5 Å². The van der Waals surface area contributed by atoms with E-state index in [1.165, 1.54) is 3.69 Å². The van der Waals surface area contributed by atoms with Gasteiger partial charge in [-0.15, -0.1) is 0 Å². The van der Waals surface area contributed by atoms with Gasteiger partial charge in [0.2, 0.25) is 0 Å². The molecule has 0 aliphatic heterocycles. The van der Waals surface area contributed by atoms with E-state index in [0.29, 0.717) is 0 Å². The van der Waals surface area contributed by atoms with Crippen LogP contribution in [-0.4, -0.2) is 35.9 Å². The Morgan fingerprint density at radius 1 is 1.00 bits per heavy atom. The molecular formula is C8H9ClMgO2. The fourth-order valence-corrected chi connectivity index (χ4v) is 1.27. The monoisotopic (exact) mass is 196 g/mol. The summed E-state index contributed by atoms with van der Waals surface area (Å²) < 4.78 is 11.3. The van der Waals surface area contributed by atoms with E-state index in [0.717, 1.165) is 11.5 Å². The number of benzene rings is 1. The minimum atomic E-state index is 0. The van der Waals surface area contributed by atoms with Crippen molar-refractivity contribution >= 4 is 25.4 Å². The van der Waals surface area contributed by atoms with Gasteiger partial charge in [0, 0.05) is 0 Å². The summed E-state index contributed by atoms with van der Waals surface area (Å²) in [4.78, 5) is 0. The molecule has 1 aromatic rings. The van der Waals surface area contributed by atoms with Crippen LogP contribution in [-0.2, 0) is 0 Å². The Bertz CT molecular complexity index is 231. The van der Waals surface area contributed by atoms with Crippen molar-refractivity contribution in [3.05, 3.63) is 18.2 Å². The molecule has 1 rings (SSSR count). The summed E-state index contributed by atoms with van der Waals surface area (Å²) in [5.41, 5.74) is 0. The number of ether oxygens (including phenoxy) is 2. The first-order valence-corrected chi connectivity index (χ1v) is 4.02. The predicted octanol–water partition coefficient (Wildman–Crippen LogP) is -2.50. The molecule has 0 unspecified atom stereocenters. The van der Waals surface area contributed by atoms with Crippen molar-refractivity contribution in [2.45, 2.75) is 0 Å². The molecule has 0 saturated carbocycles. The molecule has 0 amide bonds. The maximum Gasteiger partial charge on any atom is -1.00 e. The summed E-state index contributed by atoms with van der Waals surface area (Å²) in [6.07, 6.45) is 0. The maximum atomic E-state index is 5.06. The van der Waals surface area contributed by atoms with E-state index < -0.39 is 0 Å². The van der Waals surface area contributed by atoms with Gasteiger partial charge >= 0.3 is 78.8 Å². The normalized spacial score (nSPS) is 8.67. The van der Waals surface area contributed by atoms with Gasteiger partial charge in [-0.2, -0.15) is 0 Å². The molecule has 0 saturated heterocycles. The average molecular weight is 197 g/mol. The minimum absolute atomic E-state index is 0. The van der Waals surface area contributed by atoms with E-state index in [1.54, 1.807) is 14.2 Å². The smallest absolute Gasteiger partial charge is 1.00 e. The van der Waals surface area contributed by atoms with Crippen LogP contribution in [0.25, 0.3) is 0 Å². The molecule has 1 aromatic carbocycles. The molecule has 62 valence electrons. The Morgan fingerprint density at radius 3 is 1.75 bits per heavy atom. The van der Waals surface area contributed by atoms with E-state index in [1.807, 2.05) is 39.9 Å². The van der Waals surface area contributed by atoms with E-state index >= 15 is 0 Å². The quantitative estimate of drug-likeness (QED) is 0.488. The van der Waals surface area contributed by atoms with Gasteiger partial charge in [0.25, 0.3) is 0 Å². The number of hydrogen-bond acceptors (Lipinski definition) is 2. The summed E-state index contributed by atoms with van der Waals surface area (Å²) in [7, 11) is 3.30. The van der Waals surface area contributed by atoms with Crippen LogP contribution in [0.4, 0.5) is 0 Å². The third-order valence-corrected chi connectivity index (χ3v) is 1.82. The first kappa shape index (κ1) is 11.9. The summed E-state index contributed by atoms with van der Waals surface area (Å²) in [6.45, 7) is 0. The molecule has 4 heteroatoms. The molecule has 0 N–H and O–H groups in total. The fourth-order valence-electron chi connectivity index (χ4n) is 0.866. The SMILES string of the molecule is COc1c[c]([Mg+])cc(OC)c1.[Cl-]. The molecule has 0 aliphatic carbocycles. The largest absolute Gasteiger partial charge is 1.00 e. The van der Waals surface area contributed by atoms with Gasteiger partial charge in [-0.05, 0) is 0 Å². The Morgan fingerprint density at radius 2 is 1.42 bits per heavy atom. The zero-order valence-corrected chi connectivity index (χ0v) is 9.30. The fraction of sp³-hybridized carbons (Fsp3) is 0.250. The Kier molecular flexibility index (Phi) is 5.45. The molecular weight excluding hydrogens is 188 g/mol. The third-order valence-electron chi connectivity index (χ3n) is 1.41. The zero-order chi connectivity index (χ0) is 8.27. The number of hydrogen-bond donors (Lipinski definition) is 0. The summed E-state index contributed by atoms with van der Waals surface area (Å²) in [6, 6.07) is 5.80. The predicted molar refractivity (Wildman–Crippen MR) is 44.9 cm³/mol. The van der Waals surface area contributed by atoms with Crippen LogP contribution in [0.15, 0.2) is 18.2 Å². The van der Waals surface area contributed by atoms with E-state index in [9.17, 15) is 0 Å². The molecule has 0 heterocycles. The summed E-state index contributed by atoms with van der Waals surface area (Å²) in [5.74, 6) is 1.68. The standard InChI is InChI=1S/C8H9O2.ClH.Mg/c1-9-7-4-3-5-8(6-7)10-2;;/h4-6H,1-2H3;1H;/q;;+1/p-1. The zero-order valence-electron chi connectivity index (χ0n) is 7.13. The number of rotatable bonds is 2. The van der Waals surface area contributed by atoms with Crippen molar-refractivity contribution in [3.8, 4) is 11.5 Å². The van der Waals surface area contributed by atoms with Gasteiger partial charge in [0.15, 0.2) is 0 Å². The van der Waals surface area contributed by atoms with Crippen molar-refractivity contribution < 1.29 is 21.9 Å². The van der Waals surface area contributed by atoms with Crippen molar-refractivity contribution in [2.75, 3.05) is 14.2 Å². The van der Waals surface area contributed by atoms with E-state index in [4.69, 9.17) is 9.47 Å². The first-order valence-electron chi connectivity index (χ1n) is 3.31. The Labute approximate surface area is 91.1 Å². The second-order valence-electron chi connectivity index (χ2n) is 2.22. The van der Waals surface area contributed by atoms with E-state index in [2.05, 4.69) is 0 Å². The molecule has 0 aliphatic rings. The topological polar surface area (TPSA) is 18.5 Å². The van der Waals surface area contributed by atoms with Gasteiger partial charge in [-0.3, -0.25) is 0 Å². The van der Waals surface area contributed by atoms with Crippen molar-refractivity contribution in [3.63, 3.8) is 0 Å². The van der Waals surface area contributed by atoms with Crippen LogP contribution in [0.3, 0.4) is 0 Å². The third kappa shape index (κ3) is 3.09. The van der Waals surface area contributed by atoms with Gasteiger partial charge in [0.05, 0.1) is 0 Å². The Hall–Kier alpha value is -0.124. The summed E-state index contributed by atoms with van der Waals surface area (Å²) >= 11 is 1.81. The minimum Gasteiger partial charge on any atom is -1.00 e. The number of methoxy groups -OCH3 is 2. The second-order valence-corrected chi connectivity index (χ2v) is 3.04. The van der Waals surface area contributed by atoms with Crippen LogP contribution >= 0.6 is 0 Å². The van der Waals surface area contributed by atoms with Gasteiger partial charge in [0.1, 0.15) is 0 Å². The molecule has 0 aromatic heterocycles. The van der Waals surface area contributed by atoms with Crippen molar-refractivity contribution in [1.82, 2.24) is 0 Å². The van der Waals surface area contributed by atoms with Gasteiger partial charge in [-0.1, -0.05) is 0 Å². The van der Waals surface area contributed by atoms with Crippen LogP contribution in [0.2, 0.25) is 0 Å². The molecule has 0 bridgehead atoms. The van der Waals surface area contributed by atoms with Crippen molar-refractivity contribution in [2.24, 2.45) is 0 Å². The Balaban J connectivity index is 0.00000121. The molecule has 2 nitrogen and oxygen atoms in total. The maximum absolute atomic E-state index is 5.06. The number of halogens is 1. The van der Waals surface area contributed by atoms with Crippen LogP contribution in [0.1, 0.15) is 0 Å². The molecule has 0 spiro atoms. The van der Waals surface area contributed by atoms with Gasteiger partial charge < -0.3 is 12.4 Å². The van der Waals surface area contributed by atoms with Crippen LogP contribution < -0.4 is 25.6 Å². The second kappa shape index (κ2) is 5.51. The molecule has 0 fully saturated rings. The molecule has 0 radical (unpaired) electrons. The van der Waals surface area contributed by atoms with E-state index in [-0.39, 0.29) is 12.4 Å². The molecule has 0 atom stereocenters. The molecule has 12 heavy (non-hydrogen) atoms. The van der Waals surface area contributed by atoms with Gasteiger partial charge in [-0.25, -0.2) is 0 Å². The summed E-state index contributed by atoms with van der Waals surface area (Å²) in [5, 5.41) is 0.